The molecule has 0 aliphatic rings. The fraction of sp³-hybridized carbons (Fsp3) is 0.0526. The number of alkyl halides is 3. The van der Waals surface area contributed by atoms with E-state index in [1.165, 1.54) is 30.5 Å². The van der Waals surface area contributed by atoms with E-state index in [0.717, 1.165) is 12.1 Å². The van der Waals surface area contributed by atoms with Gasteiger partial charge in [0.05, 0.1) is 21.3 Å². The molecule has 6 nitrogen and oxygen atoms in total. The Labute approximate surface area is 182 Å². The second kappa shape index (κ2) is 8.86. The molecule has 162 valence electrons. The summed E-state index contributed by atoms with van der Waals surface area (Å²) in [6.07, 6.45) is -3.39. The van der Waals surface area contributed by atoms with Crippen LogP contribution in [0.5, 0.6) is 11.5 Å². The summed E-state index contributed by atoms with van der Waals surface area (Å²) in [4.78, 5) is 15.9. The molecule has 0 saturated carbocycles. The lowest BCUT2D eigenvalue weighted by molar-refractivity contribution is -0.137. The van der Waals surface area contributed by atoms with Crippen LogP contribution in [0.3, 0.4) is 0 Å². The number of benzene rings is 2. The van der Waals surface area contributed by atoms with Crippen molar-refractivity contribution in [1.29, 1.82) is 0 Å². The van der Waals surface area contributed by atoms with E-state index in [1.54, 1.807) is 0 Å². The van der Waals surface area contributed by atoms with Gasteiger partial charge in [-0.15, -0.1) is 0 Å². The Hall–Kier alpha value is -3.24. The van der Waals surface area contributed by atoms with Crippen molar-refractivity contribution in [2.75, 3.05) is 16.4 Å². The number of aromatic nitrogens is 1. The lowest BCUT2D eigenvalue weighted by atomic mass is 10.2. The molecule has 1 heterocycles. The number of nitrogen functional groups attached to an aromatic ring is 1. The molecule has 0 fully saturated rings. The van der Waals surface area contributed by atoms with Gasteiger partial charge in [0.1, 0.15) is 11.6 Å². The first-order valence-electron chi connectivity index (χ1n) is 8.36. The Morgan fingerprint density at radius 3 is 2.48 bits per heavy atom. The molecule has 0 bridgehead atoms. The van der Waals surface area contributed by atoms with E-state index >= 15 is 0 Å². The summed E-state index contributed by atoms with van der Waals surface area (Å²) >= 11 is 11.3. The number of nitrogens with one attached hydrogen (secondary N) is 2. The van der Waals surface area contributed by atoms with Gasteiger partial charge in [0.2, 0.25) is 0 Å². The summed E-state index contributed by atoms with van der Waals surface area (Å²) in [6.45, 7) is 0. The molecular formula is C19H12Cl2F4N4O2. The number of urea groups is 1. The summed E-state index contributed by atoms with van der Waals surface area (Å²) in [6, 6.07) is 6.76. The Bertz CT molecular complexity index is 1140. The average Bonchev–Trinajstić information content (AvgIpc) is 2.67. The number of halogens is 6. The minimum absolute atomic E-state index is 0.0348. The van der Waals surface area contributed by atoms with Crippen molar-refractivity contribution < 1.29 is 27.1 Å². The van der Waals surface area contributed by atoms with Crippen LogP contribution in [0.4, 0.5) is 39.5 Å². The van der Waals surface area contributed by atoms with Crippen LogP contribution >= 0.6 is 23.2 Å². The fourth-order valence-corrected chi connectivity index (χ4v) is 2.78. The number of carbonyl (C=O) groups excluding carboxylic acids is 1. The highest BCUT2D eigenvalue weighted by Gasteiger charge is 2.33. The summed E-state index contributed by atoms with van der Waals surface area (Å²) in [5, 5.41) is 4.11. The lowest BCUT2D eigenvalue weighted by Crippen LogP contribution is -2.20. The number of anilines is 3. The topological polar surface area (TPSA) is 89.3 Å². The molecule has 0 saturated heterocycles. The number of carbonyl (C=O) groups is 1. The second-order valence-electron chi connectivity index (χ2n) is 6.05. The number of amides is 2. The Morgan fingerprint density at radius 1 is 1.06 bits per heavy atom. The van der Waals surface area contributed by atoms with Crippen molar-refractivity contribution in [2.24, 2.45) is 0 Å². The Balaban J connectivity index is 1.70. The van der Waals surface area contributed by atoms with E-state index in [4.69, 9.17) is 33.7 Å². The molecular weight excluding hydrogens is 463 g/mol. The third-order valence-corrected chi connectivity index (χ3v) is 4.33. The van der Waals surface area contributed by atoms with Crippen molar-refractivity contribution in [3.63, 3.8) is 0 Å². The first-order valence-corrected chi connectivity index (χ1v) is 9.11. The van der Waals surface area contributed by atoms with Crippen LogP contribution < -0.4 is 21.1 Å². The van der Waals surface area contributed by atoms with E-state index in [9.17, 15) is 22.4 Å². The molecule has 1 aromatic heterocycles. The summed E-state index contributed by atoms with van der Waals surface area (Å²) in [7, 11) is 0. The standard InChI is InChI=1S/C19H12Cl2F4N4O2/c20-9-5-16(17(26)27-8-9)31-11-2-4-15(14(22)7-11)29-18(30)28-10-1-3-13(21)12(6-10)19(23,24)25/h1-8H,(H2,26,27)(H2,28,29,30). The number of hydrogen-bond acceptors (Lipinski definition) is 4. The van der Waals surface area contributed by atoms with E-state index in [-0.39, 0.29) is 33.7 Å². The molecule has 3 aromatic rings. The maximum atomic E-state index is 14.3. The number of nitrogens with zero attached hydrogens (tertiary/aromatic N) is 1. The zero-order chi connectivity index (χ0) is 22.8. The maximum absolute atomic E-state index is 14.3. The van der Waals surface area contributed by atoms with Crippen LogP contribution in [0.1, 0.15) is 5.56 Å². The van der Waals surface area contributed by atoms with Crippen molar-refractivity contribution in [1.82, 2.24) is 4.98 Å². The zero-order valence-electron chi connectivity index (χ0n) is 15.2. The van der Waals surface area contributed by atoms with Crippen molar-refractivity contribution in [2.45, 2.75) is 6.18 Å². The number of hydrogen-bond donors (Lipinski definition) is 3. The van der Waals surface area contributed by atoms with Gasteiger partial charge >= 0.3 is 12.2 Å². The minimum Gasteiger partial charge on any atom is -0.453 e. The van der Waals surface area contributed by atoms with Gasteiger partial charge in [-0.3, -0.25) is 0 Å². The van der Waals surface area contributed by atoms with Crippen molar-refractivity contribution >= 4 is 46.4 Å². The highest BCUT2D eigenvalue weighted by molar-refractivity contribution is 6.31. The first kappa shape index (κ1) is 22.4. The van der Waals surface area contributed by atoms with Gasteiger partial charge in [-0.25, -0.2) is 14.2 Å². The minimum atomic E-state index is -4.70. The van der Waals surface area contributed by atoms with E-state index in [2.05, 4.69) is 15.6 Å². The molecule has 0 aliphatic carbocycles. The van der Waals surface area contributed by atoms with E-state index in [1.807, 2.05) is 0 Å². The third kappa shape index (κ3) is 5.68. The van der Waals surface area contributed by atoms with Crippen LogP contribution in [-0.4, -0.2) is 11.0 Å². The molecule has 0 radical (unpaired) electrons. The number of rotatable bonds is 4. The van der Waals surface area contributed by atoms with Gasteiger partial charge in [0, 0.05) is 24.0 Å². The second-order valence-corrected chi connectivity index (χ2v) is 6.90. The molecule has 0 aliphatic heterocycles. The predicted octanol–water partition coefficient (Wildman–Crippen LogP) is 6.56. The summed E-state index contributed by atoms with van der Waals surface area (Å²) in [5.74, 6) is -0.679. The van der Waals surface area contributed by atoms with Crippen molar-refractivity contribution in [3.05, 3.63) is 70.1 Å². The first-order chi connectivity index (χ1) is 14.5. The predicted molar refractivity (Wildman–Crippen MR) is 109 cm³/mol. The molecule has 0 spiro atoms. The highest BCUT2D eigenvalue weighted by atomic mass is 35.5. The number of nitrogens with two attached hydrogens (primary N) is 1. The van der Waals surface area contributed by atoms with Crippen molar-refractivity contribution in [3.8, 4) is 11.5 Å². The maximum Gasteiger partial charge on any atom is 0.417 e. The SMILES string of the molecule is Nc1ncc(Cl)cc1Oc1ccc(NC(=O)Nc2ccc(Cl)c(C(F)(F)F)c2)c(F)c1. The molecule has 2 amide bonds. The molecule has 12 heteroatoms. The quantitative estimate of drug-likeness (QED) is 0.373. The Morgan fingerprint density at radius 2 is 1.81 bits per heavy atom. The molecule has 3 rings (SSSR count). The summed E-state index contributed by atoms with van der Waals surface area (Å²) < 4.78 is 58.5. The fourth-order valence-electron chi connectivity index (χ4n) is 2.41. The van der Waals surface area contributed by atoms with Crippen LogP contribution in [0.15, 0.2) is 48.7 Å². The third-order valence-electron chi connectivity index (χ3n) is 3.79. The smallest absolute Gasteiger partial charge is 0.417 e. The van der Waals surface area contributed by atoms with Gasteiger partial charge < -0.3 is 21.1 Å². The van der Waals surface area contributed by atoms with Crippen LogP contribution in [0.2, 0.25) is 10.0 Å². The molecule has 31 heavy (non-hydrogen) atoms. The zero-order valence-corrected chi connectivity index (χ0v) is 16.7. The largest absolute Gasteiger partial charge is 0.453 e. The van der Waals surface area contributed by atoms with Crippen LogP contribution in [0, 0.1) is 5.82 Å². The summed E-state index contributed by atoms with van der Waals surface area (Å²) in [5.41, 5.74) is 4.12. The van der Waals surface area contributed by atoms with Gasteiger partial charge in [-0.05, 0) is 30.3 Å². The van der Waals surface area contributed by atoms with E-state index in [0.29, 0.717) is 6.07 Å². The van der Waals surface area contributed by atoms with Gasteiger partial charge in [-0.2, -0.15) is 13.2 Å². The molecule has 2 aromatic carbocycles. The molecule has 4 N–H and O–H groups in total. The monoisotopic (exact) mass is 474 g/mol. The lowest BCUT2D eigenvalue weighted by Gasteiger charge is -2.13. The number of ether oxygens (including phenoxy) is 1. The molecule has 0 atom stereocenters. The van der Waals surface area contributed by atoms with Crippen LogP contribution in [0.25, 0.3) is 0 Å². The number of pyridine rings is 1. The average molecular weight is 475 g/mol. The Kier molecular flexibility index (Phi) is 6.42. The molecule has 0 unspecified atom stereocenters. The highest BCUT2D eigenvalue weighted by Crippen LogP contribution is 2.36. The van der Waals surface area contributed by atoms with Crippen LogP contribution in [-0.2, 0) is 6.18 Å². The van der Waals surface area contributed by atoms with Gasteiger partial charge in [-0.1, -0.05) is 23.2 Å². The normalized spacial score (nSPS) is 11.2. The van der Waals surface area contributed by atoms with Gasteiger partial charge in [0.15, 0.2) is 11.6 Å². The van der Waals surface area contributed by atoms with E-state index < -0.39 is 28.6 Å². The van der Waals surface area contributed by atoms with Gasteiger partial charge in [0.25, 0.3) is 0 Å².